The molecule has 0 amide bonds. The summed E-state index contributed by atoms with van der Waals surface area (Å²) in [5.74, 6) is 0.234. The summed E-state index contributed by atoms with van der Waals surface area (Å²) < 4.78 is 33.8. The molecule has 1 aliphatic heterocycles. The Labute approximate surface area is 168 Å². The van der Waals surface area contributed by atoms with Crippen LogP contribution in [0.1, 0.15) is 36.4 Å². The van der Waals surface area contributed by atoms with Gasteiger partial charge in [0.2, 0.25) is 5.69 Å². The molecule has 1 saturated carbocycles. The van der Waals surface area contributed by atoms with Crippen molar-refractivity contribution in [2.24, 2.45) is 5.73 Å². The number of halogens is 2. The molecule has 29 heavy (non-hydrogen) atoms. The molecule has 1 aromatic carbocycles. The van der Waals surface area contributed by atoms with Crippen LogP contribution in [-0.2, 0) is 0 Å². The smallest absolute Gasteiger partial charge is 0.204 e. The third-order valence-corrected chi connectivity index (χ3v) is 5.81. The number of nitrogens with two attached hydrogens (primary N) is 1. The van der Waals surface area contributed by atoms with Crippen molar-refractivity contribution < 1.29 is 13.5 Å². The summed E-state index contributed by atoms with van der Waals surface area (Å²) in [6, 6.07) is 9.81. The van der Waals surface area contributed by atoms with Gasteiger partial charge in [-0.1, -0.05) is 12.1 Å². The van der Waals surface area contributed by atoms with Gasteiger partial charge < -0.3 is 10.5 Å². The standard InChI is InChI=1S/C21H23F2N5O/c22-15-3-1-13(2-4-15)14-7-19(28-11-16(23)9-17(25)12-28)21(8-14)29-20-5-6-26-27-18(20)10-24/h1-6,14,16-17,19,21H,7-9,11-12,25H2. The lowest BCUT2D eigenvalue weighted by molar-refractivity contribution is 0.0382. The van der Waals surface area contributed by atoms with Crippen molar-refractivity contribution in [3.8, 4) is 11.8 Å². The maximum absolute atomic E-state index is 14.2. The van der Waals surface area contributed by atoms with Gasteiger partial charge in [0.05, 0.1) is 6.20 Å². The predicted octanol–water partition coefficient (Wildman–Crippen LogP) is 2.55. The van der Waals surface area contributed by atoms with E-state index in [1.807, 2.05) is 6.07 Å². The van der Waals surface area contributed by atoms with Crippen LogP contribution in [0.25, 0.3) is 0 Å². The summed E-state index contributed by atoms with van der Waals surface area (Å²) in [6.45, 7) is 0.912. The van der Waals surface area contributed by atoms with Crippen molar-refractivity contribution in [3.05, 3.63) is 53.6 Å². The van der Waals surface area contributed by atoms with Crippen LogP contribution in [-0.4, -0.2) is 52.5 Å². The average molecular weight is 399 g/mol. The topological polar surface area (TPSA) is 88.1 Å². The number of rotatable bonds is 4. The van der Waals surface area contributed by atoms with Crippen molar-refractivity contribution in [2.45, 2.75) is 49.5 Å². The van der Waals surface area contributed by atoms with Gasteiger partial charge in [0.1, 0.15) is 24.2 Å². The van der Waals surface area contributed by atoms with Crippen molar-refractivity contribution in [2.75, 3.05) is 13.1 Å². The maximum Gasteiger partial charge on any atom is 0.204 e. The van der Waals surface area contributed by atoms with Crippen LogP contribution in [0.5, 0.6) is 5.75 Å². The lowest BCUT2D eigenvalue weighted by Gasteiger charge is -2.39. The van der Waals surface area contributed by atoms with Crippen LogP contribution in [0.2, 0.25) is 0 Å². The fourth-order valence-electron chi connectivity index (χ4n) is 4.53. The molecular formula is C21H23F2N5O. The van der Waals surface area contributed by atoms with Crippen LogP contribution in [0.4, 0.5) is 8.78 Å². The number of hydrogen-bond donors (Lipinski definition) is 1. The van der Waals surface area contributed by atoms with E-state index < -0.39 is 6.17 Å². The molecule has 2 aliphatic rings. The van der Waals surface area contributed by atoms with E-state index in [1.165, 1.54) is 18.3 Å². The van der Waals surface area contributed by atoms with Gasteiger partial charge in [-0.3, -0.25) is 4.90 Å². The predicted molar refractivity (Wildman–Crippen MR) is 102 cm³/mol. The van der Waals surface area contributed by atoms with Crippen LogP contribution < -0.4 is 10.5 Å². The summed E-state index contributed by atoms with van der Waals surface area (Å²) >= 11 is 0. The monoisotopic (exact) mass is 399 g/mol. The molecule has 2 N–H and O–H groups in total. The van der Waals surface area contributed by atoms with Crippen LogP contribution >= 0.6 is 0 Å². The molecule has 5 unspecified atom stereocenters. The van der Waals surface area contributed by atoms with E-state index in [9.17, 15) is 14.0 Å². The lowest BCUT2D eigenvalue weighted by atomic mass is 9.96. The molecule has 0 bridgehead atoms. The van der Waals surface area contributed by atoms with Gasteiger partial charge in [-0.2, -0.15) is 10.4 Å². The first-order valence-corrected chi connectivity index (χ1v) is 9.81. The summed E-state index contributed by atoms with van der Waals surface area (Å²) in [4.78, 5) is 2.06. The minimum atomic E-state index is -0.971. The molecule has 1 aliphatic carbocycles. The quantitative estimate of drug-likeness (QED) is 0.850. The molecule has 2 heterocycles. The highest BCUT2D eigenvalue weighted by Gasteiger charge is 2.42. The number of hydrogen-bond acceptors (Lipinski definition) is 6. The number of alkyl halides is 1. The number of nitrogens with zero attached hydrogens (tertiary/aromatic N) is 4. The maximum atomic E-state index is 14.2. The van der Waals surface area contributed by atoms with E-state index >= 15 is 0 Å². The van der Waals surface area contributed by atoms with Crippen LogP contribution in [0, 0.1) is 17.1 Å². The first-order valence-electron chi connectivity index (χ1n) is 9.81. The lowest BCUT2D eigenvalue weighted by Crippen LogP contribution is -2.54. The molecular weight excluding hydrogens is 376 g/mol. The van der Waals surface area contributed by atoms with Gasteiger partial charge in [0.25, 0.3) is 0 Å². The highest BCUT2D eigenvalue weighted by molar-refractivity contribution is 5.35. The largest absolute Gasteiger partial charge is 0.486 e. The molecule has 0 radical (unpaired) electrons. The molecule has 5 atom stereocenters. The van der Waals surface area contributed by atoms with E-state index in [-0.39, 0.29) is 35.6 Å². The first-order chi connectivity index (χ1) is 14.0. The van der Waals surface area contributed by atoms with Gasteiger partial charge in [0, 0.05) is 31.2 Å². The molecule has 2 fully saturated rings. The normalized spacial score (nSPS) is 30.1. The van der Waals surface area contributed by atoms with E-state index in [0.29, 0.717) is 31.7 Å². The second-order valence-corrected chi connectivity index (χ2v) is 7.85. The summed E-state index contributed by atoms with van der Waals surface area (Å²) in [7, 11) is 0. The minimum Gasteiger partial charge on any atom is -0.486 e. The Morgan fingerprint density at radius 3 is 2.66 bits per heavy atom. The van der Waals surface area contributed by atoms with Crippen molar-refractivity contribution >= 4 is 0 Å². The Morgan fingerprint density at radius 2 is 1.93 bits per heavy atom. The Bertz CT molecular complexity index is 877. The number of benzene rings is 1. The van der Waals surface area contributed by atoms with Crippen molar-refractivity contribution in [1.29, 1.82) is 5.26 Å². The Balaban J connectivity index is 1.60. The van der Waals surface area contributed by atoms with E-state index in [2.05, 4.69) is 15.1 Å². The van der Waals surface area contributed by atoms with Gasteiger partial charge in [0.15, 0.2) is 5.75 Å². The molecule has 152 valence electrons. The fraction of sp³-hybridized carbons (Fsp3) is 0.476. The van der Waals surface area contributed by atoms with Gasteiger partial charge in [-0.05, 0) is 42.9 Å². The third-order valence-electron chi connectivity index (χ3n) is 5.81. The van der Waals surface area contributed by atoms with Gasteiger partial charge in [-0.25, -0.2) is 8.78 Å². The van der Waals surface area contributed by atoms with Gasteiger partial charge >= 0.3 is 0 Å². The summed E-state index contributed by atoms with van der Waals surface area (Å²) in [5.41, 5.74) is 7.21. The van der Waals surface area contributed by atoms with Crippen molar-refractivity contribution in [1.82, 2.24) is 15.1 Å². The first kappa shape index (κ1) is 19.7. The average Bonchev–Trinajstić information content (AvgIpc) is 3.12. The number of likely N-dealkylation sites (tertiary alicyclic amines) is 1. The highest BCUT2D eigenvalue weighted by Crippen LogP contribution is 2.40. The molecule has 8 heteroatoms. The molecule has 1 aromatic heterocycles. The zero-order valence-electron chi connectivity index (χ0n) is 15.9. The molecule has 6 nitrogen and oxygen atoms in total. The van der Waals surface area contributed by atoms with Crippen LogP contribution in [0.3, 0.4) is 0 Å². The molecule has 2 aromatic rings. The van der Waals surface area contributed by atoms with E-state index in [4.69, 9.17) is 10.5 Å². The molecule has 0 spiro atoms. The number of nitriles is 1. The SMILES string of the molecule is N#Cc1nnccc1OC1CC(c2ccc(F)cc2)CC1N1CC(N)CC(F)C1. The van der Waals surface area contributed by atoms with E-state index in [1.54, 1.807) is 18.2 Å². The third kappa shape index (κ3) is 4.36. The second kappa shape index (κ2) is 8.39. The van der Waals surface area contributed by atoms with E-state index in [0.717, 1.165) is 12.0 Å². The Kier molecular flexibility index (Phi) is 5.69. The number of piperidine rings is 1. The van der Waals surface area contributed by atoms with Crippen molar-refractivity contribution in [3.63, 3.8) is 0 Å². The van der Waals surface area contributed by atoms with Crippen LogP contribution in [0.15, 0.2) is 36.5 Å². The summed E-state index contributed by atoms with van der Waals surface area (Å²) in [6.07, 6.45) is 2.03. The molecule has 4 rings (SSSR count). The number of aromatic nitrogens is 2. The zero-order valence-corrected chi connectivity index (χ0v) is 15.9. The van der Waals surface area contributed by atoms with Gasteiger partial charge in [-0.15, -0.1) is 5.10 Å². The Morgan fingerprint density at radius 1 is 1.14 bits per heavy atom. The highest BCUT2D eigenvalue weighted by atomic mass is 19.1. The fourth-order valence-corrected chi connectivity index (χ4v) is 4.53. The summed E-state index contributed by atoms with van der Waals surface area (Å²) in [5, 5.41) is 16.8. The zero-order chi connectivity index (χ0) is 20.4. The molecule has 1 saturated heterocycles. The second-order valence-electron chi connectivity index (χ2n) is 7.85. The minimum absolute atomic E-state index is 0.0608. The number of ether oxygens (including phenoxy) is 1. The Hall–Kier alpha value is -2.63.